The van der Waals surface area contributed by atoms with Gasteiger partial charge in [0.25, 0.3) is 11.8 Å². The van der Waals surface area contributed by atoms with E-state index < -0.39 is 11.9 Å². The molecular formula is C26H23N3O4. The summed E-state index contributed by atoms with van der Waals surface area (Å²) in [6, 6.07) is 23.2. The second-order valence-electron chi connectivity index (χ2n) is 7.02. The van der Waals surface area contributed by atoms with Crippen molar-refractivity contribution in [2.75, 3.05) is 6.54 Å². The quantitative estimate of drug-likeness (QED) is 0.184. The molecule has 0 aromatic heterocycles. The van der Waals surface area contributed by atoms with Crippen LogP contribution in [0.5, 0.6) is 5.75 Å². The summed E-state index contributed by atoms with van der Waals surface area (Å²) in [4.78, 5) is 35.9. The van der Waals surface area contributed by atoms with Crippen LogP contribution in [0.2, 0.25) is 0 Å². The van der Waals surface area contributed by atoms with Crippen LogP contribution in [-0.4, -0.2) is 30.5 Å². The first-order valence-corrected chi connectivity index (χ1v) is 10.2. The summed E-state index contributed by atoms with van der Waals surface area (Å²) in [6.45, 7) is 1.63. The van der Waals surface area contributed by atoms with Gasteiger partial charge in [0.2, 0.25) is 0 Å². The van der Waals surface area contributed by atoms with E-state index in [0.29, 0.717) is 16.9 Å². The number of rotatable bonds is 8. The van der Waals surface area contributed by atoms with Crippen LogP contribution in [0.3, 0.4) is 0 Å². The van der Waals surface area contributed by atoms with Crippen molar-refractivity contribution in [2.45, 2.75) is 6.92 Å². The third kappa shape index (κ3) is 7.59. The van der Waals surface area contributed by atoms with Crippen LogP contribution in [0.25, 0.3) is 6.08 Å². The van der Waals surface area contributed by atoms with Crippen LogP contribution in [0, 0.1) is 6.92 Å². The first kappa shape index (κ1) is 23.1. The van der Waals surface area contributed by atoms with Crippen molar-refractivity contribution in [1.29, 1.82) is 0 Å². The maximum absolute atomic E-state index is 12.1. The van der Waals surface area contributed by atoms with Crippen molar-refractivity contribution in [2.24, 2.45) is 5.10 Å². The summed E-state index contributed by atoms with van der Waals surface area (Å²) in [5, 5.41) is 6.42. The zero-order valence-electron chi connectivity index (χ0n) is 18.0. The zero-order valence-corrected chi connectivity index (χ0v) is 18.0. The molecule has 0 aliphatic carbocycles. The zero-order chi connectivity index (χ0) is 23.5. The molecule has 7 nitrogen and oxygen atoms in total. The van der Waals surface area contributed by atoms with Crippen molar-refractivity contribution in [1.82, 2.24) is 10.7 Å². The van der Waals surface area contributed by atoms with Gasteiger partial charge < -0.3 is 10.1 Å². The lowest BCUT2D eigenvalue weighted by molar-refractivity contribution is -0.129. The number of nitrogens with zero attached hydrogens (tertiary/aromatic N) is 1. The molecule has 2 amide bonds. The van der Waals surface area contributed by atoms with Gasteiger partial charge >= 0.3 is 5.97 Å². The number of hydrazone groups is 1. The number of hydrogen-bond donors (Lipinski definition) is 2. The van der Waals surface area contributed by atoms with Crippen LogP contribution in [0.15, 0.2) is 90.0 Å². The summed E-state index contributed by atoms with van der Waals surface area (Å²) in [5.41, 5.74) is 5.29. The Balaban J connectivity index is 1.42. The molecule has 0 heterocycles. The molecule has 3 aromatic carbocycles. The maximum Gasteiger partial charge on any atom is 0.336 e. The lowest BCUT2D eigenvalue weighted by Gasteiger charge is -2.06. The minimum absolute atomic E-state index is 0.199. The van der Waals surface area contributed by atoms with Gasteiger partial charge in [0, 0.05) is 11.6 Å². The van der Waals surface area contributed by atoms with Gasteiger partial charge in [-0.05, 0) is 60.0 Å². The van der Waals surface area contributed by atoms with Crippen molar-refractivity contribution in [3.05, 3.63) is 107 Å². The standard InChI is InChI=1S/C26H23N3O4/c1-19-7-5-6-10-23(19)26(32)27-18-24(30)29-28-17-21-11-14-22(15-12-21)33-25(31)16-13-20-8-3-2-4-9-20/h2-17H,18H2,1H3,(H,27,32)(H,29,30)/b16-13+,28-17+. The van der Waals surface area contributed by atoms with E-state index in [0.717, 1.165) is 11.1 Å². The number of ether oxygens (including phenoxy) is 1. The topological polar surface area (TPSA) is 96.9 Å². The first-order valence-electron chi connectivity index (χ1n) is 10.2. The van der Waals surface area contributed by atoms with Crippen LogP contribution >= 0.6 is 0 Å². The number of nitrogens with one attached hydrogen (secondary N) is 2. The Labute approximate surface area is 191 Å². The van der Waals surface area contributed by atoms with Gasteiger partial charge in [-0.1, -0.05) is 48.5 Å². The van der Waals surface area contributed by atoms with E-state index in [-0.39, 0.29) is 12.5 Å². The Morgan fingerprint density at radius 1 is 0.879 bits per heavy atom. The predicted octanol–water partition coefficient (Wildman–Crippen LogP) is 3.49. The number of esters is 1. The summed E-state index contributed by atoms with van der Waals surface area (Å²) in [5.74, 6) is -0.877. The van der Waals surface area contributed by atoms with E-state index in [9.17, 15) is 14.4 Å². The van der Waals surface area contributed by atoms with Crippen LogP contribution in [-0.2, 0) is 9.59 Å². The highest BCUT2D eigenvalue weighted by Gasteiger charge is 2.09. The van der Waals surface area contributed by atoms with Gasteiger partial charge in [-0.15, -0.1) is 0 Å². The van der Waals surface area contributed by atoms with E-state index in [1.165, 1.54) is 12.3 Å². The van der Waals surface area contributed by atoms with Gasteiger partial charge in [0.1, 0.15) is 5.75 Å². The molecule has 0 unspecified atom stereocenters. The molecule has 0 spiro atoms. The molecule has 166 valence electrons. The fourth-order valence-electron chi connectivity index (χ4n) is 2.80. The second-order valence-corrected chi connectivity index (χ2v) is 7.02. The number of carbonyl (C=O) groups excluding carboxylic acids is 3. The highest BCUT2D eigenvalue weighted by Crippen LogP contribution is 2.12. The van der Waals surface area contributed by atoms with Crippen LogP contribution < -0.4 is 15.5 Å². The molecule has 33 heavy (non-hydrogen) atoms. The molecule has 0 aliphatic rings. The van der Waals surface area contributed by atoms with Crippen molar-refractivity contribution in [3.8, 4) is 5.75 Å². The first-order chi connectivity index (χ1) is 16.0. The molecule has 0 radical (unpaired) electrons. The third-order valence-corrected chi connectivity index (χ3v) is 4.51. The number of carbonyl (C=O) groups is 3. The van der Waals surface area contributed by atoms with E-state index in [4.69, 9.17) is 4.74 Å². The lowest BCUT2D eigenvalue weighted by atomic mass is 10.1. The number of hydrogen-bond acceptors (Lipinski definition) is 5. The Morgan fingerprint density at radius 3 is 2.30 bits per heavy atom. The average molecular weight is 441 g/mol. The van der Waals surface area contributed by atoms with E-state index in [1.807, 2.05) is 49.4 Å². The lowest BCUT2D eigenvalue weighted by Crippen LogP contribution is -2.35. The molecule has 0 atom stereocenters. The van der Waals surface area contributed by atoms with Crippen molar-refractivity contribution < 1.29 is 19.1 Å². The van der Waals surface area contributed by atoms with E-state index in [2.05, 4.69) is 15.8 Å². The molecule has 0 saturated carbocycles. The average Bonchev–Trinajstić information content (AvgIpc) is 2.83. The van der Waals surface area contributed by atoms with Crippen LogP contribution in [0.1, 0.15) is 27.0 Å². The fourth-order valence-corrected chi connectivity index (χ4v) is 2.80. The Bertz CT molecular complexity index is 1170. The van der Waals surface area contributed by atoms with Crippen molar-refractivity contribution in [3.63, 3.8) is 0 Å². The number of benzene rings is 3. The van der Waals surface area contributed by atoms with Gasteiger partial charge in [0.05, 0.1) is 12.8 Å². The molecule has 2 N–H and O–H groups in total. The SMILES string of the molecule is Cc1ccccc1C(=O)NCC(=O)N/N=C/c1ccc(OC(=O)/C=C/c2ccccc2)cc1. The summed E-state index contributed by atoms with van der Waals surface area (Å²) < 4.78 is 5.25. The largest absolute Gasteiger partial charge is 0.423 e. The minimum atomic E-state index is -0.486. The summed E-state index contributed by atoms with van der Waals surface area (Å²) >= 11 is 0. The number of amides is 2. The molecule has 3 aromatic rings. The fraction of sp³-hybridized carbons (Fsp3) is 0.0769. The Morgan fingerprint density at radius 2 is 1.58 bits per heavy atom. The molecule has 3 rings (SSSR count). The Hall–Kier alpha value is -4.52. The van der Waals surface area contributed by atoms with E-state index in [1.54, 1.807) is 42.5 Å². The molecule has 0 saturated heterocycles. The summed E-state index contributed by atoms with van der Waals surface area (Å²) in [7, 11) is 0. The molecule has 0 bridgehead atoms. The van der Waals surface area contributed by atoms with E-state index >= 15 is 0 Å². The second kappa shape index (κ2) is 11.8. The molecule has 0 fully saturated rings. The predicted molar refractivity (Wildman–Crippen MR) is 127 cm³/mol. The van der Waals surface area contributed by atoms with Gasteiger partial charge in [-0.2, -0.15) is 5.10 Å². The molecular weight excluding hydrogens is 418 g/mol. The monoisotopic (exact) mass is 441 g/mol. The smallest absolute Gasteiger partial charge is 0.336 e. The molecule has 0 aliphatic heterocycles. The van der Waals surface area contributed by atoms with Gasteiger partial charge in [0.15, 0.2) is 0 Å². The maximum atomic E-state index is 12.1. The third-order valence-electron chi connectivity index (χ3n) is 4.51. The highest BCUT2D eigenvalue weighted by molar-refractivity contribution is 5.97. The minimum Gasteiger partial charge on any atom is -0.423 e. The molecule has 7 heteroatoms. The Kier molecular flexibility index (Phi) is 8.25. The van der Waals surface area contributed by atoms with Crippen LogP contribution in [0.4, 0.5) is 0 Å². The number of aryl methyl sites for hydroxylation is 1. The van der Waals surface area contributed by atoms with Gasteiger partial charge in [-0.3, -0.25) is 9.59 Å². The van der Waals surface area contributed by atoms with Gasteiger partial charge in [-0.25, -0.2) is 10.2 Å². The highest BCUT2D eigenvalue weighted by atomic mass is 16.5. The normalized spacial score (nSPS) is 10.8. The summed E-state index contributed by atoms with van der Waals surface area (Å²) in [6.07, 6.45) is 4.48. The van der Waals surface area contributed by atoms with Crippen molar-refractivity contribution >= 4 is 30.1 Å².